The van der Waals surface area contributed by atoms with E-state index in [1.165, 1.54) is 18.2 Å². The normalized spacial score (nSPS) is 10.7. The van der Waals surface area contributed by atoms with Crippen LogP contribution in [-0.2, 0) is 0 Å². The summed E-state index contributed by atoms with van der Waals surface area (Å²) in [5.74, 6) is -0.199. The van der Waals surface area contributed by atoms with Crippen molar-refractivity contribution in [3.05, 3.63) is 64.9 Å². The third-order valence-corrected chi connectivity index (χ3v) is 3.46. The Kier molecular flexibility index (Phi) is 3.32. The van der Waals surface area contributed by atoms with Crippen molar-refractivity contribution < 1.29 is 14.2 Å². The molecule has 0 fully saturated rings. The molecule has 0 aliphatic heterocycles. The van der Waals surface area contributed by atoms with E-state index >= 15 is 0 Å². The standard InChI is InChI=1S/C16H10BrFO2/c17-11-6-7-13(18)15(9-11)20-16-12-4-2-1-3-10(12)5-8-14(16)19/h1-9,19H. The van der Waals surface area contributed by atoms with E-state index in [-0.39, 0.29) is 17.2 Å². The van der Waals surface area contributed by atoms with Crippen molar-refractivity contribution in [1.82, 2.24) is 0 Å². The lowest BCUT2D eigenvalue weighted by Gasteiger charge is -2.11. The van der Waals surface area contributed by atoms with Crippen molar-refractivity contribution in [1.29, 1.82) is 0 Å². The maximum Gasteiger partial charge on any atom is 0.176 e. The molecule has 0 aliphatic rings. The predicted molar refractivity (Wildman–Crippen MR) is 79.8 cm³/mol. The summed E-state index contributed by atoms with van der Waals surface area (Å²) in [5, 5.41) is 11.6. The van der Waals surface area contributed by atoms with Crippen molar-refractivity contribution in [2.75, 3.05) is 0 Å². The van der Waals surface area contributed by atoms with Gasteiger partial charge in [-0.3, -0.25) is 0 Å². The molecule has 2 nitrogen and oxygen atoms in total. The smallest absolute Gasteiger partial charge is 0.176 e. The summed E-state index contributed by atoms with van der Waals surface area (Å²) in [7, 11) is 0. The van der Waals surface area contributed by atoms with Crippen LogP contribution >= 0.6 is 15.9 Å². The van der Waals surface area contributed by atoms with E-state index in [1.807, 2.05) is 24.3 Å². The van der Waals surface area contributed by atoms with Crippen LogP contribution in [0.5, 0.6) is 17.2 Å². The third kappa shape index (κ3) is 2.34. The van der Waals surface area contributed by atoms with E-state index in [2.05, 4.69) is 15.9 Å². The summed E-state index contributed by atoms with van der Waals surface area (Å²) >= 11 is 3.27. The molecule has 0 amide bonds. The van der Waals surface area contributed by atoms with Gasteiger partial charge < -0.3 is 9.84 Å². The Balaban J connectivity index is 2.15. The first-order chi connectivity index (χ1) is 9.65. The molecule has 0 unspecified atom stereocenters. The minimum atomic E-state index is -0.486. The molecule has 0 saturated heterocycles. The van der Waals surface area contributed by atoms with E-state index < -0.39 is 5.82 Å². The molecule has 0 aliphatic carbocycles. The van der Waals surface area contributed by atoms with Gasteiger partial charge in [0.25, 0.3) is 0 Å². The number of phenols is 1. The molecule has 3 aromatic rings. The molecule has 0 radical (unpaired) electrons. The van der Waals surface area contributed by atoms with Crippen molar-refractivity contribution in [2.45, 2.75) is 0 Å². The molecule has 0 aromatic heterocycles. The van der Waals surface area contributed by atoms with E-state index in [9.17, 15) is 9.50 Å². The lowest BCUT2D eigenvalue weighted by atomic mass is 10.1. The average Bonchev–Trinajstić information content (AvgIpc) is 2.46. The average molecular weight is 333 g/mol. The highest BCUT2D eigenvalue weighted by atomic mass is 79.9. The zero-order chi connectivity index (χ0) is 14.1. The zero-order valence-corrected chi connectivity index (χ0v) is 11.9. The van der Waals surface area contributed by atoms with Crippen molar-refractivity contribution in [3.8, 4) is 17.2 Å². The first-order valence-corrected chi connectivity index (χ1v) is 6.78. The molecule has 0 saturated carbocycles. The Morgan fingerprint density at radius 1 is 1.00 bits per heavy atom. The van der Waals surface area contributed by atoms with Crippen LogP contribution in [0.4, 0.5) is 4.39 Å². The van der Waals surface area contributed by atoms with Gasteiger partial charge in [-0.15, -0.1) is 0 Å². The lowest BCUT2D eigenvalue weighted by molar-refractivity contribution is 0.400. The number of rotatable bonds is 2. The summed E-state index contributed by atoms with van der Waals surface area (Å²) < 4.78 is 20.0. The summed E-state index contributed by atoms with van der Waals surface area (Å²) in [6.07, 6.45) is 0. The maximum atomic E-state index is 13.8. The van der Waals surface area contributed by atoms with Crippen molar-refractivity contribution in [3.63, 3.8) is 0 Å². The first kappa shape index (κ1) is 12.9. The Hall–Kier alpha value is -2.07. The number of halogens is 2. The first-order valence-electron chi connectivity index (χ1n) is 5.99. The molecule has 4 heteroatoms. The van der Waals surface area contributed by atoms with Crippen LogP contribution < -0.4 is 4.74 Å². The van der Waals surface area contributed by atoms with Crippen LogP contribution in [0.3, 0.4) is 0 Å². The Bertz CT molecular complexity index is 787. The Labute approximate surface area is 123 Å². The van der Waals surface area contributed by atoms with Gasteiger partial charge >= 0.3 is 0 Å². The van der Waals surface area contributed by atoms with Crippen LogP contribution in [0.15, 0.2) is 59.1 Å². The fourth-order valence-corrected chi connectivity index (χ4v) is 2.34. The molecule has 0 bridgehead atoms. The Morgan fingerprint density at radius 2 is 1.80 bits per heavy atom. The minimum absolute atomic E-state index is 0.0249. The topological polar surface area (TPSA) is 29.5 Å². The maximum absolute atomic E-state index is 13.8. The van der Waals surface area contributed by atoms with Gasteiger partial charge in [0.2, 0.25) is 0 Å². The number of benzene rings is 3. The SMILES string of the molecule is Oc1ccc2ccccc2c1Oc1cc(Br)ccc1F. The van der Waals surface area contributed by atoms with Gasteiger partial charge in [0.05, 0.1) is 0 Å². The molecule has 0 atom stereocenters. The predicted octanol–water partition coefficient (Wildman–Crippen LogP) is 5.24. The van der Waals surface area contributed by atoms with Crippen LogP contribution in [0.25, 0.3) is 10.8 Å². The fourth-order valence-electron chi connectivity index (χ4n) is 2.00. The number of aromatic hydroxyl groups is 1. The quantitative estimate of drug-likeness (QED) is 0.695. The van der Waals surface area contributed by atoms with Gasteiger partial charge in [-0.05, 0) is 29.7 Å². The Morgan fingerprint density at radius 3 is 2.65 bits per heavy atom. The van der Waals surface area contributed by atoms with Crippen LogP contribution in [-0.4, -0.2) is 5.11 Å². The van der Waals surface area contributed by atoms with Gasteiger partial charge in [0.1, 0.15) is 0 Å². The third-order valence-electron chi connectivity index (χ3n) is 2.96. The molecular weight excluding hydrogens is 323 g/mol. The second-order valence-corrected chi connectivity index (χ2v) is 5.23. The van der Waals surface area contributed by atoms with Crippen LogP contribution in [0, 0.1) is 5.82 Å². The van der Waals surface area contributed by atoms with E-state index in [0.717, 1.165) is 10.8 Å². The highest BCUT2D eigenvalue weighted by molar-refractivity contribution is 9.10. The van der Waals surface area contributed by atoms with Crippen molar-refractivity contribution >= 4 is 26.7 Å². The van der Waals surface area contributed by atoms with Crippen LogP contribution in [0.2, 0.25) is 0 Å². The largest absolute Gasteiger partial charge is 0.504 e. The minimum Gasteiger partial charge on any atom is -0.504 e. The second kappa shape index (κ2) is 5.13. The molecule has 0 heterocycles. The molecular formula is C16H10BrFO2. The highest BCUT2D eigenvalue weighted by Gasteiger charge is 2.12. The number of hydrogen-bond acceptors (Lipinski definition) is 2. The lowest BCUT2D eigenvalue weighted by Crippen LogP contribution is -1.90. The second-order valence-electron chi connectivity index (χ2n) is 4.31. The van der Waals surface area contributed by atoms with Gasteiger partial charge in [-0.1, -0.05) is 46.3 Å². The van der Waals surface area contributed by atoms with Gasteiger partial charge in [-0.2, -0.15) is 0 Å². The molecule has 0 spiro atoms. The monoisotopic (exact) mass is 332 g/mol. The van der Waals surface area contributed by atoms with Crippen molar-refractivity contribution in [2.24, 2.45) is 0 Å². The number of hydrogen-bond donors (Lipinski definition) is 1. The zero-order valence-electron chi connectivity index (χ0n) is 10.3. The van der Waals surface area contributed by atoms with Gasteiger partial charge in [0.15, 0.2) is 23.1 Å². The molecule has 1 N–H and O–H groups in total. The van der Waals surface area contributed by atoms with E-state index in [0.29, 0.717) is 4.47 Å². The number of phenolic OH excluding ortho intramolecular Hbond substituents is 1. The number of fused-ring (bicyclic) bond motifs is 1. The highest BCUT2D eigenvalue weighted by Crippen LogP contribution is 2.39. The molecule has 100 valence electrons. The van der Waals surface area contributed by atoms with E-state index in [1.54, 1.807) is 12.1 Å². The summed E-state index contributed by atoms with van der Waals surface area (Å²) in [6.45, 7) is 0. The van der Waals surface area contributed by atoms with Crippen LogP contribution in [0.1, 0.15) is 0 Å². The molecule has 3 aromatic carbocycles. The van der Waals surface area contributed by atoms with Gasteiger partial charge in [-0.25, -0.2) is 4.39 Å². The summed E-state index contributed by atoms with van der Waals surface area (Å²) in [5.41, 5.74) is 0. The molecule has 3 rings (SSSR count). The van der Waals surface area contributed by atoms with Gasteiger partial charge in [0, 0.05) is 9.86 Å². The summed E-state index contributed by atoms with van der Waals surface area (Å²) in [4.78, 5) is 0. The number of ether oxygens (including phenoxy) is 1. The molecule has 20 heavy (non-hydrogen) atoms. The summed E-state index contributed by atoms with van der Waals surface area (Å²) in [6, 6.07) is 15.2. The van der Waals surface area contributed by atoms with E-state index in [4.69, 9.17) is 4.74 Å². The fraction of sp³-hybridized carbons (Fsp3) is 0.